The molecule has 6 aromatic rings. The van der Waals surface area contributed by atoms with Crippen molar-refractivity contribution in [2.75, 3.05) is 0 Å². The SMILES string of the molecule is c1ccc2nc(-c3cnc4ccc(-c5ccc6cccnc6n5)cc4n3)ncc2c1. The van der Waals surface area contributed by atoms with Crippen molar-refractivity contribution in [1.82, 2.24) is 29.9 Å². The number of hydrogen-bond acceptors (Lipinski definition) is 6. The average molecular weight is 386 g/mol. The standard InChI is InChI=1S/C24H14N6/c1-2-6-18-17(4-1)13-27-24(30-18)22-14-26-20-10-8-16(12-21(20)28-22)19-9-7-15-5-3-11-25-23(15)29-19/h1-14H. The molecule has 0 atom stereocenters. The summed E-state index contributed by atoms with van der Waals surface area (Å²) in [6.45, 7) is 0. The normalized spacial score (nSPS) is 11.3. The molecular formula is C24H14N6. The van der Waals surface area contributed by atoms with Crippen LogP contribution in [0, 0.1) is 0 Å². The Kier molecular flexibility index (Phi) is 3.67. The van der Waals surface area contributed by atoms with E-state index in [0.717, 1.165) is 44.2 Å². The summed E-state index contributed by atoms with van der Waals surface area (Å²) in [6.07, 6.45) is 5.27. The van der Waals surface area contributed by atoms with E-state index in [4.69, 9.17) is 4.98 Å². The van der Waals surface area contributed by atoms with Crippen LogP contribution in [0.25, 0.3) is 55.7 Å². The van der Waals surface area contributed by atoms with Gasteiger partial charge in [0.15, 0.2) is 11.5 Å². The summed E-state index contributed by atoms with van der Waals surface area (Å²) < 4.78 is 0. The Morgan fingerprint density at radius 1 is 0.533 bits per heavy atom. The molecule has 0 saturated carbocycles. The Hall–Kier alpha value is -4.32. The zero-order chi connectivity index (χ0) is 19.9. The van der Waals surface area contributed by atoms with Crippen LogP contribution in [-0.4, -0.2) is 29.9 Å². The van der Waals surface area contributed by atoms with E-state index in [-0.39, 0.29) is 0 Å². The lowest BCUT2D eigenvalue weighted by Crippen LogP contribution is -1.95. The van der Waals surface area contributed by atoms with Gasteiger partial charge >= 0.3 is 0 Å². The van der Waals surface area contributed by atoms with Gasteiger partial charge in [-0.05, 0) is 42.5 Å². The van der Waals surface area contributed by atoms with Gasteiger partial charge in [0.25, 0.3) is 0 Å². The number of rotatable bonds is 2. The van der Waals surface area contributed by atoms with Crippen LogP contribution in [0.5, 0.6) is 0 Å². The maximum Gasteiger partial charge on any atom is 0.180 e. The van der Waals surface area contributed by atoms with Gasteiger partial charge in [-0.25, -0.2) is 24.9 Å². The molecule has 2 aromatic carbocycles. The van der Waals surface area contributed by atoms with Crippen LogP contribution in [0.15, 0.2) is 85.3 Å². The van der Waals surface area contributed by atoms with Crippen LogP contribution in [-0.2, 0) is 0 Å². The molecule has 140 valence electrons. The third-order valence-electron chi connectivity index (χ3n) is 5.02. The van der Waals surface area contributed by atoms with Crippen molar-refractivity contribution in [2.24, 2.45) is 0 Å². The first-order chi connectivity index (χ1) is 14.8. The summed E-state index contributed by atoms with van der Waals surface area (Å²) >= 11 is 0. The van der Waals surface area contributed by atoms with Gasteiger partial charge in [-0.2, -0.15) is 0 Å². The molecule has 6 heteroatoms. The van der Waals surface area contributed by atoms with Gasteiger partial charge in [0.1, 0.15) is 5.69 Å². The molecule has 4 heterocycles. The van der Waals surface area contributed by atoms with Gasteiger partial charge in [-0.1, -0.05) is 24.3 Å². The predicted octanol–water partition coefficient (Wildman–Crippen LogP) is 4.85. The number of benzene rings is 2. The van der Waals surface area contributed by atoms with E-state index in [0.29, 0.717) is 11.5 Å². The molecule has 30 heavy (non-hydrogen) atoms. The van der Waals surface area contributed by atoms with E-state index >= 15 is 0 Å². The molecule has 0 fully saturated rings. The largest absolute Gasteiger partial charge is 0.252 e. The molecule has 0 N–H and O–H groups in total. The number of para-hydroxylation sites is 1. The van der Waals surface area contributed by atoms with Crippen LogP contribution in [0.3, 0.4) is 0 Å². The second kappa shape index (κ2) is 6.63. The maximum atomic E-state index is 4.77. The van der Waals surface area contributed by atoms with Crippen molar-refractivity contribution < 1.29 is 0 Å². The van der Waals surface area contributed by atoms with Crippen LogP contribution in [0.4, 0.5) is 0 Å². The molecular weight excluding hydrogens is 372 g/mol. The molecule has 0 radical (unpaired) electrons. The van der Waals surface area contributed by atoms with E-state index in [1.807, 2.05) is 72.9 Å². The van der Waals surface area contributed by atoms with Crippen LogP contribution < -0.4 is 0 Å². The Labute approximate surface area is 171 Å². The van der Waals surface area contributed by atoms with Gasteiger partial charge < -0.3 is 0 Å². The molecule has 0 aliphatic carbocycles. The van der Waals surface area contributed by atoms with E-state index in [1.165, 1.54) is 0 Å². The van der Waals surface area contributed by atoms with Gasteiger partial charge in [-0.15, -0.1) is 0 Å². The Bertz CT molecular complexity index is 1450. The highest BCUT2D eigenvalue weighted by Gasteiger charge is 2.09. The van der Waals surface area contributed by atoms with Crippen molar-refractivity contribution in [3.8, 4) is 22.8 Å². The topological polar surface area (TPSA) is 77.3 Å². The number of aromatic nitrogens is 6. The third-order valence-corrected chi connectivity index (χ3v) is 5.02. The highest BCUT2D eigenvalue weighted by Crippen LogP contribution is 2.24. The lowest BCUT2D eigenvalue weighted by Gasteiger charge is -2.06. The summed E-state index contributed by atoms with van der Waals surface area (Å²) in [6, 6.07) is 21.8. The highest BCUT2D eigenvalue weighted by molar-refractivity contribution is 5.84. The first kappa shape index (κ1) is 16.6. The van der Waals surface area contributed by atoms with Crippen LogP contribution >= 0.6 is 0 Å². The zero-order valence-electron chi connectivity index (χ0n) is 15.8. The van der Waals surface area contributed by atoms with Gasteiger partial charge in [0.05, 0.1) is 28.4 Å². The molecule has 6 nitrogen and oxygen atoms in total. The molecule has 0 aliphatic heterocycles. The van der Waals surface area contributed by atoms with E-state index in [2.05, 4.69) is 24.9 Å². The summed E-state index contributed by atoms with van der Waals surface area (Å²) in [4.78, 5) is 27.4. The van der Waals surface area contributed by atoms with Gasteiger partial charge in [-0.3, -0.25) is 4.98 Å². The van der Waals surface area contributed by atoms with Gasteiger partial charge in [0.2, 0.25) is 0 Å². The first-order valence-corrected chi connectivity index (χ1v) is 9.55. The monoisotopic (exact) mass is 386 g/mol. The van der Waals surface area contributed by atoms with Crippen LogP contribution in [0.1, 0.15) is 0 Å². The summed E-state index contributed by atoms with van der Waals surface area (Å²) in [5.74, 6) is 0.557. The molecule has 0 spiro atoms. The fourth-order valence-electron chi connectivity index (χ4n) is 3.49. The van der Waals surface area contributed by atoms with Crippen molar-refractivity contribution in [3.05, 3.63) is 85.3 Å². The minimum absolute atomic E-state index is 0.557. The number of fused-ring (bicyclic) bond motifs is 3. The fraction of sp³-hybridized carbons (Fsp3) is 0. The average Bonchev–Trinajstić information content (AvgIpc) is 2.82. The first-order valence-electron chi connectivity index (χ1n) is 9.55. The molecule has 0 unspecified atom stereocenters. The van der Waals surface area contributed by atoms with Crippen molar-refractivity contribution >= 4 is 33.0 Å². The molecule has 0 saturated heterocycles. The third kappa shape index (κ3) is 2.82. The van der Waals surface area contributed by atoms with Crippen molar-refractivity contribution in [2.45, 2.75) is 0 Å². The van der Waals surface area contributed by atoms with Crippen molar-refractivity contribution in [1.29, 1.82) is 0 Å². The molecule has 0 bridgehead atoms. The second-order valence-electron chi connectivity index (χ2n) is 6.96. The fourth-order valence-corrected chi connectivity index (χ4v) is 3.49. The lowest BCUT2D eigenvalue weighted by molar-refractivity contribution is 1.17. The molecule has 0 amide bonds. The van der Waals surface area contributed by atoms with Crippen LogP contribution in [0.2, 0.25) is 0 Å². The van der Waals surface area contributed by atoms with E-state index in [1.54, 1.807) is 12.4 Å². The summed E-state index contributed by atoms with van der Waals surface area (Å²) in [5, 5.41) is 2.01. The highest BCUT2D eigenvalue weighted by atomic mass is 14.9. The Morgan fingerprint density at radius 3 is 2.47 bits per heavy atom. The van der Waals surface area contributed by atoms with Gasteiger partial charge in [0, 0.05) is 28.7 Å². The Morgan fingerprint density at radius 2 is 1.47 bits per heavy atom. The summed E-state index contributed by atoms with van der Waals surface area (Å²) in [5.41, 5.74) is 5.62. The van der Waals surface area contributed by atoms with E-state index < -0.39 is 0 Å². The zero-order valence-corrected chi connectivity index (χ0v) is 15.8. The van der Waals surface area contributed by atoms with Crippen molar-refractivity contribution in [3.63, 3.8) is 0 Å². The Balaban J connectivity index is 1.46. The molecule has 6 rings (SSSR count). The number of pyridine rings is 2. The quantitative estimate of drug-likeness (QED) is 0.423. The maximum absolute atomic E-state index is 4.77. The minimum atomic E-state index is 0.557. The van der Waals surface area contributed by atoms with E-state index in [9.17, 15) is 0 Å². The predicted molar refractivity (Wildman–Crippen MR) is 117 cm³/mol. The second-order valence-corrected chi connectivity index (χ2v) is 6.96. The molecule has 4 aromatic heterocycles. The minimum Gasteiger partial charge on any atom is -0.252 e. The molecule has 0 aliphatic rings. The lowest BCUT2D eigenvalue weighted by atomic mass is 10.1. The number of nitrogens with zero attached hydrogens (tertiary/aromatic N) is 6. The number of hydrogen-bond donors (Lipinski definition) is 0. The summed E-state index contributed by atoms with van der Waals surface area (Å²) in [7, 11) is 0. The smallest absolute Gasteiger partial charge is 0.180 e.